The molecular formula is C22H37NO4. The number of ether oxygens (including phenoxy) is 1. The lowest BCUT2D eigenvalue weighted by molar-refractivity contribution is -0.137. The van der Waals surface area contributed by atoms with E-state index in [1.54, 1.807) is 0 Å². The van der Waals surface area contributed by atoms with Gasteiger partial charge in [0.05, 0.1) is 17.8 Å². The minimum atomic E-state index is -0.723. The molecule has 0 aromatic heterocycles. The molecule has 3 N–H and O–H groups in total. The summed E-state index contributed by atoms with van der Waals surface area (Å²) in [6, 6.07) is 0.322. The first kappa shape index (κ1) is 20.8. The molecule has 3 rings (SSSR count). The van der Waals surface area contributed by atoms with Gasteiger partial charge in [-0.25, -0.2) is 0 Å². The summed E-state index contributed by atoms with van der Waals surface area (Å²) in [5.74, 6) is 0.145. The molecule has 1 unspecified atom stereocenters. The van der Waals surface area contributed by atoms with Crippen LogP contribution >= 0.6 is 0 Å². The van der Waals surface area contributed by atoms with E-state index >= 15 is 0 Å². The first-order chi connectivity index (χ1) is 13.0. The number of aliphatic hydroxyl groups is 1. The highest BCUT2D eigenvalue weighted by atomic mass is 16.5. The predicted molar refractivity (Wildman–Crippen MR) is 106 cm³/mol. The minimum absolute atomic E-state index is 0.238. The van der Waals surface area contributed by atoms with Crippen molar-refractivity contribution in [3.63, 3.8) is 0 Å². The van der Waals surface area contributed by atoms with E-state index in [9.17, 15) is 9.90 Å². The minimum Gasteiger partial charge on any atom is -0.481 e. The van der Waals surface area contributed by atoms with E-state index < -0.39 is 11.6 Å². The average Bonchev–Trinajstić information content (AvgIpc) is 3.25. The first-order valence-corrected chi connectivity index (χ1v) is 11.0. The van der Waals surface area contributed by atoms with Crippen LogP contribution in [0.2, 0.25) is 0 Å². The van der Waals surface area contributed by atoms with Crippen molar-refractivity contribution in [1.29, 1.82) is 0 Å². The zero-order valence-corrected chi connectivity index (χ0v) is 16.7. The molecule has 0 radical (unpaired) electrons. The van der Waals surface area contributed by atoms with Gasteiger partial charge in [0.25, 0.3) is 0 Å². The topological polar surface area (TPSA) is 78.8 Å². The average molecular weight is 380 g/mol. The van der Waals surface area contributed by atoms with Crippen LogP contribution in [0.1, 0.15) is 77.6 Å². The number of aliphatic carboxylic acids is 1. The Labute approximate surface area is 163 Å². The largest absolute Gasteiger partial charge is 0.481 e. The van der Waals surface area contributed by atoms with Crippen molar-refractivity contribution < 1.29 is 19.7 Å². The standard InChI is InChI=1S/C22H37NO4/c1-22(26,16-9-5-4-6-10-16)15-23-21-17(18-13-14-19(21)27-18)11-7-2-3-8-12-20(24)25/h2,7,16-19,21,23,26H,3-6,8-15H2,1H3,(H,24,25)/t17-,18+,19-,21-,22?/m0/s1. The first-order valence-electron chi connectivity index (χ1n) is 11.0. The second-order valence-electron chi connectivity index (χ2n) is 9.05. The number of allylic oxidation sites excluding steroid dienone is 2. The molecule has 0 spiro atoms. The second kappa shape index (κ2) is 9.53. The van der Waals surface area contributed by atoms with Gasteiger partial charge in [0.15, 0.2) is 0 Å². The molecule has 2 saturated heterocycles. The van der Waals surface area contributed by atoms with Crippen molar-refractivity contribution in [2.75, 3.05) is 6.54 Å². The Balaban J connectivity index is 1.47. The molecule has 154 valence electrons. The quantitative estimate of drug-likeness (QED) is 0.399. The fourth-order valence-electron chi connectivity index (χ4n) is 5.29. The summed E-state index contributed by atoms with van der Waals surface area (Å²) in [4.78, 5) is 10.6. The molecule has 2 heterocycles. The number of nitrogens with one attached hydrogen (secondary N) is 1. The van der Waals surface area contributed by atoms with Crippen LogP contribution in [0.5, 0.6) is 0 Å². The molecule has 0 amide bonds. The summed E-state index contributed by atoms with van der Waals surface area (Å²) in [7, 11) is 0. The predicted octanol–water partition coefficient (Wildman–Crippen LogP) is 3.65. The van der Waals surface area contributed by atoms with Crippen molar-refractivity contribution in [3.8, 4) is 0 Å². The van der Waals surface area contributed by atoms with Gasteiger partial charge in [0.1, 0.15) is 0 Å². The van der Waals surface area contributed by atoms with Gasteiger partial charge in [0.2, 0.25) is 0 Å². The van der Waals surface area contributed by atoms with Crippen LogP contribution in [-0.4, -0.2) is 46.6 Å². The van der Waals surface area contributed by atoms with Crippen molar-refractivity contribution in [3.05, 3.63) is 12.2 Å². The van der Waals surface area contributed by atoms with Crippen molar-refractivity contribution >= 4 is 5.97 Å². The fourth-order valence-corrected chi connectivity index (χ4v) is 5.29. The van der Waals surface area contributed by atoms with Crippen LogP contribution in [-0.2, 0) is 9.53 Å². The third-order valence-electron chi connectivity index (χ3n) is 6.94. The monoisotopic (exact) mass is 379 g/mol. The summed E-state index contributed by atoms with van der Waals surface area (Å²) < 4.78 is 6.16. The van der Waals surface area contributed by atoms with Gasteiger partial charge in [-0.2, -0.15) is 0 Å². The van der Waals surface area contributed by atoms with Crippen molar-refractivity contribution in [2.24, 2.45) is 11.8 Å². The SMILES string of the molecule is CC(O)(CN[C@H]1[C@@H](CC=CCCCC(=O)O)[C@H]2CC[C@@H]1O2)C1CCCCC1. The van der Waals surface area contributed by atoms with Crippen LogP contribution in [0.25, 0.3) is 0 Å². The maximum Gasteiger partial charge on any atom is 0.303 e. The Morgan fingerprint density at radius 2 is 1.89 bits per heavy atom. The summed E-state index contributed by atoms with van der Waals surface area (Å²) >= 11 is 0. The molecule has 0 aromatic carbocycles. The van der Waals surface area contributed by atoms with E-state index in [2.05, 4.69) is 17.5 Å². The number of carboxylic acids is 1. The van der Waals surface area contributed by atoms with E-state index in [0.29, 0.717) is 36.9 Å². The Morgan fingerprint density at radius 1 is 1.15 bits per heavy atom. The van der Waals surface area contributed by atoms with Gasteiger partial charge in [0, 0.05) is 24.9 Å². The van der Waals surface area contributed by atoms with Crippen LogP contribution in [0.15, 0.2) is 12.2 Å². The molecule has 1 aliphatic carbocycles. The molecule has 2 bridgehead atoms. The van der Waals surface area contributed by atoms with Gasteiger partial charge in [-0.15, -0.1) is 0 Å². The van der Waals surface area contributed by atoms with Gasteiger partial charge in [-0.05, 0) is 57.8 Å². The number of carbonyl (C=O) groups is 1. The lowest BCUT2D eigenvalue weighted by Gasteiger charge is -2.38. The van der Waals surface area contributed by atoms with E-state index in [0.717, 1.165) is 38.5 Å². The maximum absolute atomic E-state index is 11.0. The van der Waals surface area contributed by atoms with Crippen LogP contribution in [0.4, 0.5) is 0 Å². The number of carboxylic acid groups (broad SMARTS) is 1. The van der Waals surface area contributed by atoms with Crippen LogP contribution in [0, 0.1) is 11.8 Å². The normalized spacial score (nSPS) is 33.6. The molecule has 27 heavy (non-hydrogen) atoms. The van der Waals surface area contributed by atoms with Gasteiger partial charge in [-0.1, -0.05) is 31.4 Å². The Kier molecular flexibility index (Phi) is 7.35. The fraction of sp³-hybridized carbons (Fsp3) is 0.864. The molecule has 2 aliphatic heterocycles. The van der Waals surface area contributed by atoms with Crippen molar-refractivity contribution in [1.82, 2.24) is 5.32 Å². The Morgan fingerprint density at radius 3 is 2.63 bits per heavy atom. The third kappa shape index (κ3) is 5.55. The molecule has 0 aromatic rings. The lowest BCUT2D eigenvalue weighted by atomic mass is 9.77. The summed E-state index contributed by atoms with van der Waals surface area (Å²) in [5.41, 5.74) is -0.639. The molecule has 1 saturated carbocycles. The highest BCUT2D eigenvalue weighted by Crippen LogP contribution is 2.41. The molecule has 5 atom stereocenters. The number of hydrogen-bond acceptors (Lipinski definition) is 4. The molecular weight excluding hydrogens is 342 g/mol. The summed E-state index contributed by atoms with van der Waals surface area (Å²) in [5, 5.41) is 23.4. The maximum atomic E-state index is 11.0. The Bertz CT molecular complexity index is 512. The highest BCUT2D eigenvalue weighted by molar-refractivity contribution is 5.66. The third-order valence-corrected chi connectivity index (χ3v) is 6.94. The number of fused-ring (bicyclic) bond motifs is 2. The highest BCUT2D eigenvalue weighted by Gasteiger charge is 2.48. The van der Waals surface area contributed by atoms with Crippen molar-refractivity contribution in [2.45, 2.75) is 101 Å². The van der Waals surface area contributed by atoms with Crippen LogP contribution in [0.3, 0.4) is 0 Å². The zero-order chi connectivity index (χ0) is 19.3. The number of rotatable bonds is 10. The van der Waals surface area contributed by atoms with Crippen LogP contribution < -0.4 is 5.32 Å². The van der Waals surface area contributed by atoms with E-state index in [1.807, 2.05) is 6.92 Å². The van der Waals surface area contributed by atoms with E-state index in [4.69, 9.17) is 9.84 Å². The molecule has 5 heteroatoms. The van der Waals surface area contributed by atoms with Gasteiger partial charge in [-0.3, -0.25) is 4.79 Å². The number of unbranched alkanes of at least 4 members (excludes halogenated alkanes) is 1. The smallest absolute Gasteiger partial charge is 0.303 e. The Hall–Kier alpha value is -0.910. The zero-order valence-electron chi connectivity index (χ0n) is 16.7. The van der Waals surface area contributed by atoms with Gasteiger partial charge < -0.3 is 20.3 Å². The van der Waals surface area contributed by atoms with E-state index in [-0.39, 0.29) is 12.5 Å². The number of hydrogen-bond donors (Lipinski definition) is 3. The molecule has 3 fully saturated rings. The molecule has 5 nitrogen and oxygen atoms in total. The van der Waals surface area contributed by atoms with Gasteiger partial charge >= 0.3 is 5.97 Å². The second-order valence-corrected chi connectivity index (χ2v) is 9.05. The van der Waals surface area contributed by atoms with E-state index in [1.165, 1.54) is 19.3 Å². The molecule has 3 aliphatic rings. The lowest BCUT2D eigenvalue weighted by Crippen LogP contribution is -2.52. The summed E-state index contributed by atoms with van der Waals surface area (Å²) in [6.07, 6.45) is 16.0. The summed E-state index contributed by atoms with van der Waals surface area (Å²) in [6.45, 7) is 2.65.